The molecular weight excluding hydrogens is 297 g/mol. The van der Waals surface area contributed by atoms with Gasteiger partial charge in [-0.1, -0.05) is 25.4 Å². The molecular formula is C11H14ClF3N4O. The third-order valence-corrected chi connectivity index (χ3v) is 2.50. The summed E-state index contributed by atoms with van der Waals surface area (Å²) in [5.41, 5.74) is 0. The summed E-state index contributed by atoms with van der Waals surface area (Å²) in [7, 11) is 0. The van der Waals surface area contributed by atoms with Crippen molar-refractivity contribution in [3.8, 4) is 0 Å². The standard InChI is InChI=1S/C11H14ClF3N4O/c1-6(2)9(10(20)17-5-11(13,14)15)19-8-4-16-3-7(12)18-8/h3-4,6,9H,5H2,1-2H3,(H,17,20)(H,18,19)/t9-/m1/s1. The molecule has 112 valence electrons. The maximum atomic E-state index is 12.1. The van der Waals surface area contributed by atoms with Crippen molar-refractivity contribution in [2.24, 2.45) is 5.92 Å². The summed E-state index contributed by atoms with van der Waals surface area (Å²) in [5.74, 6) is -0.790. The van der Waals surface area contributed by atoms with E-state index in [1.165, 1.54) is 12.4 Å². The van der Waals surface area contributed by atoms with Crippen molar-refractivity contribution >= 4 is 23.3 Å². The summed E-state index contributed by atoms with van der Waals surface area (Å²) in [6, 6.07) is -0.870. The summed E-state index contributed by atoms with van der Waals surface area (Å²) < 4.78 is 36.3. The third kappa shape index (κ3) is 5.60. The monoisotopic (exact) mass is 310 g/mol. The lowest BCUT2D eigenvalue weighted by molar-refractivity contribution is -0.139. The first-order chi connectivity index (χ1) is 9.19. The van der Waals surface area contributed by atoms with Crippen LogP contribution in [0.4, 0.5) is 19.0 Å². The van der Waals surface area contributed by atoms with Crippen LogP contribution in [0.25, 0.3) is 0 Å². The predicted octanol–water partition coefficient (Wildman–Crippen LogP) is 2.25. The molecule has 1 aromatic heterocycles. The zero-order valence-electron chi connectivity index (χ0n) is 10.8. The Morgan fingerprint density at radius 2 is 2.05 bits per heavy atom. The molecule has 0 bridgehead atoms. The molecule has 2 N–H and O–H groups in total. The molecule has 0 fully saturated rings. The van der Waals surface area contributed by atoms with Gasteiger partial charge in [-0.25, -0.2) is 4.98 Å². The van der Waals surface area contributed by atoms with E-state index in [-0.39, 0.29) is 16.9 Å². The zero-order chi connectivity index (χ0) is 15.3. The minimum Gasteiger partial charge on any atom is -0.357 e. The van der Waals surface area contributed by atoms with Crippen molar-refractivity contribution in [3.63, 3.8) is 0 Å². The van der Waals surface area contributed by atoms with Gasteiger partial charge >= 0.3 is 6.18 Å². The Labute approximate surface area is 118 Å². The second-order valence-electron chi connectivity index (χ2n) is 4.43. The van der Waals surface area contributed by atoms with Gasteiger partial charge in [0.2, 0.25) is 5.91 Å². The molecule has 1 aromatic rings. The molecule has 0 radical (unpaired) electrons. The summed E-state index contributed by atoms with van der Waals surface area (Å²) in [6.07, 6.45) is -1.81. The Morgan fingerprint density at radius 3 is 2.55 bits per heavy atom. The highest BCUT2D eigenvalue weighted by molar-refractivity contribution is 6.29. The normalized spacial score (nSPS) is 13.2. The van der Waals surface area contributed by atoms with E-state index in [4.69, 9.17) is 11.6 Å². The minimum atomic E-state index is -4.45. The number of nitrogens with one attached hydrogen (secondary N) is 2. The summed E-state index contributed by atoms with van der Waals surface area (Å²) in [5, 5.41) is 4.67. The average Bonchev–Trinajstić information content (AvgIpc) is 2.32. The third-order valence-electron chi connectivity index (χ3n) is 2.32. The minimum absolute atomic E-state index is 0.119. The van der Waals surface area contributed by atoms with E-state index in [1.54, 1.807) is 13.8 Å². The highest BCUT2D eigenvalue weighted by Gasteiger charge is 2.30. The summed E-state index contributed by atoms with van der Waals surface area (Å²) >= 11 is 5.65. The van der Waals surface area contributed by atoms with E-state index in [2.05, 4.69) is 15.3 Å². The fraction of sp³-hybridized carbons (Fsp3) is 0.545. The largest absolute Gasteiger partial charge is 0.405 e. The van der Waals surface area contributed by atoms with Gasteiger partial charge in [0.05, 0.1) is 12.4 Å². The highest BCUT2D eigenvalue weighted by Crippen LogP contribution is 2.15. The smallest absolute Gasteiger partial charge is 0.357 e. The first kappa shape index (κ1) is 16.5. The van der Waals surface area contributed by atoms with Crippen LogP contribution < -0.4 is 10.6 Å². The zero-order valence-corrected chi connectivity index (χ0v) is 11.6. The first-order valence-electron chi connectivity index (χ1n) is 5.77. The number of carbonyl (C=O) groups excluding carboxylic acids is 1. The van der Waals surface area contributed by atoms with E-state index in [1.807, 2.05) is 5.32 Å². The molecule has 0 aliphatic rings. The molecule has 0 aromatic carbocycles. The maximum absolute atomic E-state index is 12.1. The number of alkyl halides is 3. The molecule has 9 heteroatoms. The van der Waals surface area contributed by atoms with Gasteiger partial charge in [0.15, 0.2) is 0 Å². The van der Waals surface area contributed by atoms with Crippen LogP contribution in [0, 0.1) is 5.92 Å². The number of halogens is 4. The summed E-state index contributed by atoms with van der Waals surface area (Å²) in [4.78, 5) is 19.4. The Morgan fingerprint density at radius 1 is 1.40 bits per heavy atom. The Kier molecular flexibility index (Phi) is 5.55. The molecule has 1 heterocycles. The van der Waals surface area contributed by atoms with E-state index in [0.717, 1.165) is 0 Å². The number of hydrogen-bond acceptors (Lipinski definition) is 4. The van der Waals surface area contributed by atoms with Gasteiger partial charge < -0.3 is 10.6 Å². The molecule has 0 saturated heterocycles. The van der Waals surface area contributed by atoms with Crippen molar-refractivity contribution in [2.45, 2.75) is 26.1 Å². The van der Waals surface area contributed by atoms with Crippen molar-refractivity contribution < 1.29 is 18.0 Å². The molecule has 0 aliphatic carbocycles. The average molecular weight is 311 g/mol. The van der Waals surface area contributed by atoms with Crippen molar-refractivity contribution in [2.75, 3.05) is 11.9 Å². The molecule has 0 saturated carbocycles. The van der Waals surface area contributed by atoms with Crippen molar-refractivity contribution in [1.82, 2.24) is 15.3 Å². The van der Waals surface area contributed by atoms with Crippen LogP contribution >= 0.6 is 11.6 Å². The Balaban J connectivity index is 2.72. The predicted molar refractivity (Wildman–Crippen MR) is 68.4 cm³/mol. The quantitative estimate of drug-likeness (QED) is 0.875. The lowest BCUT2D eigenvalue weighted by Crippen LogP contribution is -2.46. The number of rotatable bonds is 5. The van der Waals surface area contributed by atoms with Crippen LogP contribution in [0.1, 0.15) is 13.8 Å². The SMILES string of the molecule is CC(C)[C@@H](Nc1cncc(Cl)n1)C(=O)NCC(F)(F)F. The van der Waals surface area contributed by atoms with Gasteiger partial charge in [0.1, 0.15) is 23.6 Å². The lowest BCUT2D eigenvalue weighted by atomic mass is 10.0. The van der Waals surface area contributed by atoms with Crippen molar-refractivity contribution in [3.05, 3.63) is 17.5 Å². The van der Waals surface area contributed by atoms with Gasteiger partial charge in [-0.3, -0.25) is 9.78 Å². The van der Waals surface area contributed by atoms with Crippen LogP contribution in [-0.2, 0) is 4.79 Å². The van der Waals surface area contributed by atoms with Crippen LogP contribution in [0.2, 0.25) is 5.15 Å². The van der Waals surface area contributed by atoms with Crippen molar-refractivity contribution in [1.29, 1.82) is 0 Å². The Bertz CT molecular complexity index is 467. The number of aromatic nitrogens is 2. The fourth-order valence-corrected chi connectivity index (χ4v) is 1.55. The number of hydrogen-bond donors (Lipinski definition) is 2. The number of amides is 1. The number of nitrogens with zero attached hydrogens (tertiary/aromatic N) is 2. The Hall–Kier alpha value is -1.57. The number of carbonyl (C=O) groups is 1. The highest BCUT2D eigenvalue weighted by atomic mass is 35.5. The summed E-state index contributed by atoms with van der Waals surface area (Å²) in [6.45, 7) is 2.02. The van der Waals surface area contributed by atoms with Gasteiger partial charge in [0.25, 0.3) is 0 Å². The van der Waals surface area contributed by atoms with Gasteiger partial charge in [0, 0.05) is 0 Å². The van der Waals surface area contributed by atoms with Gasteiger partial charge in [-0.2, -0.15) is 13.2 Å². The van der Waals surface area contributed by atoms with E-state index >= 15 is 0 Å². The van der Waals surface area contributed by atoms with Crippen LogP contribution in [0.5, 0.6) is 0 Å². The molecule has 1 amide bonds. The van der Waals surface area contributed by atoms with Crippen LogP contribution in [0.3, 0.4) is 0 Å². The first-order valence-corrected chi connectivity index (χ1v) is 6.15. The second kappa shape index (κ2) is 6.74. The maximum Gasteiger partial charge on any atom is 0.405 e. The lowest BCUT2D eigenvalue weighted by Gasteiger charge is -2.22. The van der Waals surface area contributed by atoms with Crippen LogP contribution in [-0.4, -0.2) is 34.6 Å². The van der Waals surface area contributed by atoms with Gasteiger partial charge in [-0.05, 0) is 5.92 Å². The molecule has 1 atom stereocenters. The second-order valence-corrected chi connectivity index (χ2v) is 4.81. The molecule has 0 aliphatic heterocycles. The molecule has 0 spiro atoms. The van der Waals surface area contributed by atoms with Crippen LogP contribution in [0.15, 0.2) is 12.4 Å². The topological polar surface area (TPSA) is 66.9 Å². The molecule has 1 rings (SSSR count). The molecule has 20 heavy (non-hydrogen) atoms. The van der Waals surface area contributed by atoms with Gasteiger partial charge in [-0.15, -0.1) is 0 Å². The van der Waals surface area contributed by atoms with E-state index in [0.29, 0.717) is 0 Å². The van der Waals surface area contributed by atoms with E-state index in [9.17, 15) is 18.0 Å². The fourth-order valence-electron chi connectivity index (χ4n) is 1.40. The van der Waals surface area contributed by atoms with E-state index < -0.39 is 24.7 Å². The molecule has 0 unspecified atom stereocenters. The molecule has 5 nitrogen and oxygen atoms in total. The number of anilines is 1.